The minimum absolute atomic E-state index is 0.0530. The van der Waals surface area contributed by atoms with Crippen molar-refractivity contribution in [2.75, 3.05) is 6.61 Å². The Morgan fingerprint density at radius 2 is 1.66 bits per heavy atom. The molecule has 0 aromatic carbocycles. The SMILES string of the molecule is CC(C)[C@H]1CC[C@@]2(C)C([C@H]1O[C@H]1O[C@@H](CO)[C@H](O)[C@@H](O)[C@@H]1O)[C@](C)(O)CC[C@@H]2O. The molecule has 11 atom stereocenters. The van der Waals surface area contributed by atoms with E-state index in [9.17, 15) is 30.6 Å². The maximum absolute atomic E-state index is 11.3. The molecule has 1 unspecified atom stereocenters. The second-order valence-electron chi connectivity index (χ2n) is 10.1. The van der Waals surface area contributed by atoms with Crippen molar-refractivity contribution in [1.82, 2.24) is 0 Å². The van der Waals surface area contributed by atoms with Gasteiger partial charge in [-0.2, -0.15) is 0 Å². The average molecular weight is 419 g/mol. The van der Waals surface area contributed by atoms with E-state index >= 15 is 0 Å². The Bertz CT molecular complexity index is 567. The van der Waals surface area contributed by atoms with Gasteiger partial charge >= 0.3 is 0 Å². The summed E-state index contributed by atoms with van der Waals surface area (Å²) in [7, 11) is 0. The molecule has 0 bridgehead atoms. The van der Waals surface area contributed by atoms with Crippen molar-refractivity contribution in [3.05, 3.63) is 0 Å². The first kappa shape index (κ1) is 23.3. The first-order valence-corrected chi connectivity index (χ1v) is 10.8. The highest BCUT2D eigenvalue weighted by Crippen LogP contribution is 2.57. The zero-order valence-electron chi connectivity index (χ0n) is 17.8. The van der Waals surface area contributed by atoms with E-state index in [2.05, 4.69) is 13.8 Å². The van der Waals surface area contributed by atoms with E-state index in [4.69, 9.17) is 9.47 Å². The van der Waals surface area contributed by atoms with Crippen LogP contribution in [0, 0.1) is 23.2 Å². The standard InChI is InChI=1S/C21H38O8/c1-10(2)11-5-7-20(3)13(23)6-8-21(4,27)18(20)17(11)29-19-16(26)15(25)14(24)12(9-22)28-19/h10-19,22-27H,5-9H2,1-4H3/t11-,12+,13+,14+,15-,16+,17+,18?,19-,20-,21-/m1/s1. The van der Waals surface area contributed by atoms with E-state index in [-0.39, 0.29) is 11.8 Å². The van der Waals surface area contributed by atoms with Gasteiger partial charge in [-0.3, -0.25) is 0 Å². The van der Waals surface area contributed by atoms with Gasteiger partial charge in [-0.15, -0.1) is 0 Å². The molecule has 3 aliphatic rings. The molecular formula is C21H38O8. The van der Waals surface area contributed by atoms with Crippen LogP contribution in [-0.2, 0) is 9.47 Å². The van der Waals surface area contributed by atoms with E-state index in [0.717, 1.165) is 12.8 Å². The maximum atomic E-state index is 11.3. The zero-order chi connectivity index (χ0) is 21.7. The lowest BCUT2D eigenvalue weighted by Gasteiger charge is -2.60. The Hall–Kier alpha value is -0.320. The summed E-state index contributed by atoms with van der Waals surface area (Å²) < 4.78 is 11.9. The van der Waals surface area contributed by atoms with Crippen LogP contribution in [0.25, 0.3) is 0 Å². The molecule has 0 radical (unpaired) electrons. The fourth-order valence-electron chi connectivity index (χ4n) is 6.00. The number of fused-ring (bicyclic) bond motifs is 1. The second kappa shape index (κ2) is 8.31. The largest absolute Gasteiger partial charge is 0.394 e. The molecule has 8 heteroatoms. The topological polar surface area (TPSA) is 140 Å². The van der Waals surface area contributed by atoms with Crippen LogP contribution in [0.3, 0.4) is 0 Å². The van der Waals surface area contributed by atoms with Crippen LogP contribution < -0.4 is 0 Å². The Kier molecular flexibility index (Phi) is 6.69. The van der Waals surface area contributed by atoms with Crippen molar-refractivity contribution < 1.29 is 40.1 Å². The summed E-state index contributed by atoms with van der Waals surface area (Å²) in [6.45, 7) is 7.38. The Labute approximate surface area is 172 Å². The summed E-state index contributed by atoms with van der Waals surface area (Å²) in [6.07, 6.45) is -5.37. The minimum atomic E-state index is -1.52. The quantitative estimate of drug-likeness (QED) is 0.368. The average Bonchev–Trinajstić information content (AvgIpc) is 2.65. The molecule has 29 heavy (non-hydrogen) atoms. The van der Waals surface area contributed by atoms with Crippen molar-refractivity contribution in [2.24, 2.45) is 23.2 Å². The summed E-state index contributed by atoms with van der Waals surface area (Å²) in [5.41, 5.74) is -1.62. The van der Waals surface area contributed by atoms with Gasteiger partial charge in [0.05, 0.1) is 24.4 Å². The van der Waals surface area contributed by atoms with Gasteiger partial charge in [0.15, 0.2) is 6.29 Å². The molecule has 0 spiro atoms. The molecule has 1 heterocycles. The molecule has 3 fully saturated rings. The highest BCUT2D eigenvalue weighted by Gasteiger charge is 2.61. The molecule has 170 valence electrons. The molecule has 0 aromatic rings. The maximum Gasteiger partial charge on any atom is 0.186 e. The zero-order valence-corrected chi connectivity index (χ0v) is 17.8. The number of aliphatic hydroxyl groups is 6. The lowest BCUT2D eigenvalue weighted by atomic mass is 9.50. The van der Waals surface area contributed by atoms with Crippen LogP contribution >= 0.6 is 0 Å². The smallest absolute Gasteiger partial charge is 0.186 e. The van der Waals surface area contributed by atoms with Crippen LogP contribution in [0.4, 0.5) is 0 Å². The molecule has 2 saturated carbocycles. The lowest BCUT2D eigenvalue weighted by Crippen LogP contribution is -2.66. The number of rotatable bonds is 4. The second-order valence-corrected chi connectivity index (χ2v) is 10.1. The summed E-state index contributed by atoms with van der Waals surface area (Å²) in [5, 5.41) is 62.2. The van der Waals surface area contributed by atoms with Crippen molar-refractivity contribution >= 4 is 0 Å². The molecule has 2 aliphatic carbocycles. The van der Waals surface area contributed by atoms with Crippen molar-refractivity contribution in [3.8, 4) is 0 Å². The van der Waals surface area contributed by atoms with Crippen molar-refractivity contribution in [1.29, 1.82) is 0 Å². The summed E-state index contributed by atoms with van der Waals surface area (Å²) in [6, 6.07) is 0. The fourth-order valence-corrected chi connectivity index (χ4v) is 6.00. The highest BCUT2D eigenvalue weighted by molar-refractivity contribution is 5.09. The number of hydrogen-bond donors (Lipinski definition) is 6. The van der Waals surface area contributed by atoms with E-state index < -0.39 is 66.5 Å². The van der Waals surface area contributed by atoms with E-state index in [1.807, 2.05) is 6.92 Å². The third-order valence-corrected chi connectivity index (χ3v) is 7.83. The summed E-state index contributed by atoms with van der Waals surface area (Å²) in [4.78, 5) is 0. The van der Waals surface area contributed by atoms with Gasteiger partial charge in [0.1, 0.15) is 24.4 Å². The predicted octanol–water partition coefficient (Wildman–Crippen LogP) is -0.234. The Morgan fingerprint density at radius 3 is 2.24 bits per heavy atom. The molecule has 1 aliphatic heterocycles. The van der Waals surface area contributed by atoms with Gasteiger partial charge in [-0.25, -0.2) is 0 Å². The van der Waals surface area contributed by atoms with E-state index in [1.54, 1.807) is 6.92 Å². The van der Waals surface area contributed by atoms with Crippen LogP contribution in [0.1, 0.15) is 53.4 Å². The van der Waals surface area contributed by atoms with Gasteiger partial charge < -0.3 is 40.1 Å². The highest BCUT2D eigenvalue weighted by atomic mass is 16.7. The minimum Gasteiger partial charge on any atom is -0.394 e. The molecule has 8 nitrogen and oxygen atoms in total. The monoisotopic (exact) mass is 418 g/mol. The molecule has 6 N–H and O–H groups in total. The lowest BCUT2D eigenvalue weighted by molar-refractivity contribution is -0.338. The van der Waals surface area contributed by atoms with E-state index in [0.29, 0.717) is 12.8 Å². The summed E-state index contributed by atoms with van der Waals surface area (Å²) >= 11 is 0. The Morgan fingerprint density at radius 1 is 1.00 bits per heavy atom. The first-order chi connectivity index (χ1) is 13.4. The Balaban J connectivity index is 1.94. The molecular weight excluding hydrogens is 380 g/mol. The van der Waals surface area contributed by atoms with Gasteiger partial charge in [-0.05, 0) is 44.4 Å². The number of ether oxygens (including phenoxy) is 2. The normalized spacial score (nSPS) is 53.7. The van der Waals surface area contributed by atoms with Crippen LogP contribution in [-0.4, -0.2) is 85.8 Å². The van der Waals surface area contributed by atoms with Gasteiger partial charge in [-0.1, -0.05) is 20.8 Å². The third kappa shape index (κ3) is 3.99. The molecule has 0 amide bonds. The summed E-state index contributed by atoms with van der Waals surface area (Å²) in [5.74, 6) is -0.117. The molecule has 3 rings (SSSR count). The van der Waals surface area contributed by atoms with E-state index in [1.165, 1.54) is 0 Å². The fraction of sp³-hybridized carbons (Fsp3) is 1.00. The van der Waals surface area contributed by atoms with Crippen LogP contribution in [0.15, 0.2) is 0 Å². The van der Waals surface area contributed by atoms with Crippen LogP contribution in [0.5, 0.6) is 0 Å². The van der Waals surface area contributed by atoms with Gasteiger partial charge in [0.2, 0.25) is 0 Å². The predicted molar refractivity (Wildman–Crippen MR) is 104 cm³/mol. The van der Waals surface area contributed by atoms with Gasteiger partial charge in [0.25, 0.3) is 0 Å². The number of hydrogen-bond acceptors (Lipinski definition) is 8. The third-order valence-electron chi connectivity index (χ3n) is 7.83. The molecule has 0 aromatic heterocycles. The van der Waals surface area contributed by atoms with Gasteiger partial charge in [0, 0.05) is 11.3 Å². The van der Waals surface area contributed by atoms with Crippen molar-refractivity contribution in [3.63, 3.8) is 0 Å². The first-order valence-electron chi connectivity index (χ1n) is 10.8. The number of aliphatic hydroxyl groups excluding tert-OH is 5. The molecule has 1 saturated heterocycles. The van der Waals surface area contributed by atoms with Crippen molar-refractivity contribution in [2.45, 2.75) is 102 Å². The van der Waals surface area contributed by atoms with Crippen LogP contribution in [0.2, 0.25) is 0 Å².